The van der Waals surface area contributed by atoms with Gasteiger partial charge in [0.2, 0.25) is 0 Å². The minimum atomic E-state index is -2.30. The van der Waals surface area contributed by atoms with Crippen molar-refractivity contribution in [3.63, 3.8) is 0 Å². The molecular weight excluding hydrogens is 1290 g/mol. The molecule has 8 aromatic heterocycles. The number of anilines is 12. The SMILES string of the molecule is [2H]C(C)(C)N1c2cccnc2N(c2c(C)ccc3c2oc2ccccc23)C1C.[2H]C(C)(C)N1c2cccnc2N(c2c(C)ccc3c2oc2ccccc23)C1C.[2H]C([2H])([2H])N1c2cccnc2N(c2c(C)ccc3c2oc2ccccc23)C1C.[2H]C([2H])([2H])N1c2ncccc2N(c2c(C)ccc3c2oc2ccccc23)C1C. The zero-order valence-corrected chi connectivity index (χ0v) is 60.1. The maximum Gasteiger partial charge on any atom is 0.159 e. The van der Waals surface area contributed by atoms with Gasteiger partial charge in [-0.2, -0.15) is 0 Å². The smallest absolute Gasteiger partial charge is 0.159 e. The van der Waals surface area contributed by atoms with E-state index in [4.69, 9.17) is 38.6 Å². The summed E-state index contributed by atoms with van der Waals surface area (Å²) in [5, 5.41) is 8.54. The van der Waals surface area contributed by atoms with Gasteiger partial charge in [0.25, 0.3) is 0 Å². The number of hydrogen-bond donors (Lipinski definition) is 0. The summed E-state index contributed by atoms with van der Waals surface area (Å²) in [5.74, 6) is 2.82. The third kappa shape index (κ3) is 10.2. The first-order valence-electron chi connectivity index (χ1n) is 39.3. The van der Waals surface area contributed by atoms with Crippen LogP contribution in [-0.2, 0) is 0 Å². The van der Waals surface area contributed by atoms with E-state index >= 15 is 0 Å². The van der Waals surface area contributed by atoms with E-state index in [0.29, 0.717) is 17.3 Å². The Kier molecular flexibility index (Phi) is 13.9. The number of aromatic nitrogens is 4. The first kappa shape index (κ1) is 56.6. The van der Waals surface area contributed by atoms with Crippen molar-refractivity contribution in [3.05, 3.63) is 241 Å². The Hall–Kier alpha value is -12.0. The number of aryl methyl sites for hydroxylation is 4. The van der Waals surface area contributed by atoms with Crippen LogP contribution < -0.4 is 39.2 Å². The summed E-state index contributed by atoms with van der Waals surface area (Å²) in [5.41, 5.74) is 18.0. The molecule has 16 nitrogen and oxygen atoms in total. The molecule has 0 amide bonds. The van der Waals surface area contributed by atoms with E-state index < -0.39 is 38.3 Å². The van der Waals surface area contributed by atoms with Crippen molar-refractivity contribution >= 4 is 157 Å². The van der Waals surface area contributed by atoms with Crippen LogP contribution in [0.25, 0.3) is 87.8 Å². The number of pyridine rings is 4. The van der Waals surface area contributed by atoms with Crippen LogP contribution in [-0.4, -0.2) is 70.6 Å². The highest BCUT2D eigenvalue weighted by Gasteiger charge is 2.42. The molecule has 0 saturated heterocycles. The Bertz CT molecular complexity index is 5610. The van der Waals surface area contributed by atoms with Crippen molar-refractivity contribution in [2.45, 2.75) is 120 Å². The minimum absolute atomic E-state index is 0.0603. The standard InChI is InChI=1S/2C23H23N3O.2C21H19N3O/c2*1-14(2)25-16(4)26(23-19(25)9-7-13-24-23)21-15(3)11-12-18-17-8-5-6-10-20(17)27-22(18)21;1-13-10-11-16-15-7-4-5-9-18(15)25-20(16)19(13)24-14(2)23(3)21-17(24)8-6-12-22-21;1-13-10-11-16-15-7-4-5-9-18(15)25-20(16)19(13)24-14(2)23(3)17-8-6-12-22-21(17)24/h2*5-14,16H,1-4H3;2*4-12,14H,1-3H3/i2*14D;2*3D3. The molecule has 0 saturated carbocycles. The maximum atomic E-state index is 8.70. The number of furan rings is 4. The van der Waals surface area contributed by atoms with Gasteiger partial charge in [0.1, 0.15) is 47.0 Å². The molecule has 0 aliphatic carbocycles. The molecule has 16 aromatic rings. The van der Waals surface area contributed by atoms with Crippen molar-refractivity contribution in [1.82, 2.24) is 19.9 Å². The van der Waals surface area contributed by atoms with Crippen molar-refractivity contribution in [1.29, 1.82) is 0 Å². The number of rotatable bonds is 6. The number of benzene rings is 8. The molecule has 4 aliphatic rings. The fraction of sp³-hybridized carbons (Fsp3) is 0.227. The quantitative estimate of drug-likeness (QED) is 0.156. The normalized spacial score (nSPS) is 18.3. The van der Waals surface area contributed by atoms with E-state index in [2.05, 4.69) is 112 Å². The maximum absolute atomic E-state index is 8.70. The first-order valence-corrected chi connectivity index (χ1v) is 35.3. The van der Waals surface area contributed by atoms with Gasteiger partial charge in [0, 0.05) is 102 Å². The molecule has 0 N–H and O–H groups in total. The summed E-state index contributed by atoms with van der Waals surface area (Å²) in [4.78, 5) is 33.8. The summed E-state index contributed by atoms with van der Waals surface area (Å²) < 4.78 is 90.7. The molecule has 8 aromatic carbocycles. The Balaban J connectivity index is 0.000000108. The molecular formula is C88H84N12O4. The lowest BCUT2D eigenvalue weighted by Crippen LogP contribution is -2.42. The van der Waals surface area contributed by atoms with Gasteiger partial charge in [-0.25, -0.2) is 19.9 Å². The van der Waals surface area contributed by atoms with E-state index in [0.717, 1.165) is 161 Å². The molecule has 0 bridgehead atoms. The molecule has 104 heavy (non-hydrogen) atoms. The van der Waals surface area contributed by atoms with Crippen molar-refractivity contribution in [2.24, 2.45) is 0 Å². The van der Waals surface area contributed by atoms with E-state index in [9.17, 15) is 0 Å². The van der Waals surface area contributed by atoms with Gasteiger partial charge < -0.3 is 56.9 Å². The molecule has 4 aliphatic heterocycles. The van der Waals surface area contributed by atoms with Crippen LogP contribution in [0.5, 0.6) is 0 Å². The fourth-order valence-corrected chi connectivity index (χ4v) is 16.1. The molecule has 4 atom stereocenters. The largest absolute Gasteiger partial charge is 0.454 e. The number of fused-ring (bicyclic) bond motifs is 16. The Morgan fingerprint density at radius 1 is 0.308 bits per heavy atom. The van der Waals surface area contributed by atoms with Crippen LogP contribution in [0.1, 0.15) is 88.6 Å². The Labute approximate surface area is 616 Å². The summed E-state index contributed by atoms with van der Waals surface area (Å²) in [6, 6.07) is 62.6. The first-order chi connectivity index (χ1) is 53.5. The van der Waals surface area contributed by atoms with E-state index in [1.165, 1.54) is 9.80 Å². The third-order valence-corrected chi connectivity index (χ3v) is 20.8. The average molecular weight is 1380 g/mol. The molecule has 520 valence electrons. The van der Waals surface area contributed by atoms with Crippen LogP contribution in [0.4, 0.5) is 68.8 Å². The lowest BCUT2D eigenvalue weighted by molar-refractivity contribution is 0.602. The minimum Gasteiger partial charge on any atom is -0.454 e. The van der Waals surface area contributed by atoms with Gasteiger partial charge in [-0.1, -0.05) is 121 Å². The second-order valence-corrected chi connectivity index (χ2v) is 27.6. The zero-order valence-electron chi connectivity index (χ0n) is 68.1. The Morgan fingerprint density at radius 3 is 0.942 bits per heavy atom. The molecule has 4 unspecified atom stereocenters. The van der Waals surface area contributed by atoms with Gasteiger partial charge in [-0.15, -0.1) is 0 Å². The van der Waals surface area contributed by atoms with E-state index in [1.807, 2.05) is 205 Å². The summed E-state index contributed by atoms with van der Waals surface area (Å²) in [7, 11) is 0. The second-order valence-electron chi connectivity index (χ2n) is 27.6. The van der Waals surface area contributed by atoms with E-state index in [1.54, 1.807) is 24.5 Å². The molecule has 16 heteroatoms. The van der Waals surface area contributed by atoms with Crippen molar-refractivity contribution in [2.75, 3.05) is 53.2 Å². The van der Waals surface area contributed by atoms with Crippen LogP contribution in [0.3, 0.4) is 0 Å². The molecule has 12 heterocycles. The van der Waals surface area contributed by atoms with Gasteiger partial charge in [0.15, 0.2) is 45.6 Å². The molecule has 0 radical (unpaired) electrons. The van der Waals surface area contributed by atoms with Crippen LogP contribution in [0.15, 0.2) is 237 Å². The summed E-state index contributed by atoms with van der Waals surface area (Å²) >= 11 is 0. The van der Waals surface area contributed by atoms with Crippen molar-refractivity contribution in [3.8, 4) is 0 Å². The lowest BCUT2D eigenvalue weighted by Gasteiger charge is -2.33. The Morgan fingerprint density at radius 2 is 0.596 bits per heavy atom. The van der Waals surface area contributed by atoms with Crippen LogP contribution in [0.2, 0.25) is 0 Å². The predicted octanol–water partition coefficient (Wildman–Crippen LogP) is 22.5. The highest BCUT2D eigenvalue weighted by atomic mass is 16.3. The topological polar surface area (TPSA) is 130 Å². The number of hydrogen-bond acceptors (Lipinski definition) is 16. The summed E-state index contributed by atoms with van der Waals surface area (Å²) in [6.07, 6.45) is 5.95. The molecule has 0 fully saturated rings. The van der Waals surface area contributed by atoms with Crippen LogP contribution in [0, 0.1) is 27.7 Å². The fourth-order valence-electron chi connectivity index (χ4n) is 16.1. The van der Waals surface area contributed by atoms with Gasteiger partial charge in [0.05, 0.1) is 48.2 Å². The predicted molar refractivity (Wildman–Crippen MR) is 429 cm³/mol. The van der Waals surface area contributed by atoms with Crippen LogP contribution >= 0.6 is 0 Å². The van der Waals surface area contributed by atoms with Gasteiger partial charge in [-0.05, 0) is 178 Å². The average Bonchev–Trinajstić information content (AvgIpc) is 1.58. The monoisotopic (exact) mass is 1380 g/mol. The van der Waals surface area contributed by atoms with E-state index in [-0.39, 0.29) is 12.3 Å². The highest BCUT2D eigenvalue weighted by molar-refractivity contribution is 6.14. The lowest BCUT2D eigenvalue weighted by atomic mass is 10.1. The van der Waals surface area contributed by atoms with Gasteiger partial charge in [-0.3, -0.25) is 0 Å². The molecule has 20 rings (SSSR count). The number of nitrogens with zero attached hydrogens (tertiary/aromatic N) is 12. The third-order valence-electron chi connectivity index (χ3n) is 20.8. The van der Waals surface area contributed by atoms with Gasteiger partial charge >= 0.3 is 0 Å². The highest BCUT2D eigenvalue weighted by Crippen LogP contribution is 2.53. The van der Waals surface area contributed by atoms with Crippen molar-refractivity contribution < 1.29 is 28.6 Å². The zero-order chi connectivity index (χ0) is 78.5. The molecule has 0 spiro atoms. The second kappa shape index (κ2) is 25.5. The summed E-state index contributed by atoms with van der Waals surface area (Å²) in [6.45, 7) is 19.3. The number of para-hydroxylation sites is 4.